The summed E-state index contributed by atoms with van der Waals surface area (Å²) >= 11 is 0. The van der Waals surface area contributed by atoms with E-state index in [9.17, 15) is 14.7 Å². The van der Waals surface area contributed by atoms with Gasteiger partial charge in [-0.05, 0) is 35.7 Å². The molecule has 0 aliphatic heterocycles. The molecule has 0 heterocycles. The molecule has 0 aromatic heterocycles. The number of benzene rings is 2. The van der Waals surface area contributed by atoms with E-state index < -0.39 is 5.97 Å². The number of amides is 1. The summed E-state index contributed by atoms with van der Waals surface area (Å²) in [6.07, 6.45) is 0.913. The Kier molecular flexibility index (Phi) is 7.02. The third-order valence-electron chi connectivity index (χ3n) is 3.78. The second-order valence-electron chi connectivity index (χ2n) is 5.75. The van der Waals surface area contributed by atoms with Gasteiger partial charge >= 0.3 is 5.97 Å². The number of carbonyl (C=O) groups excluding carboxylic acids is 1. The van der Waals surface area contributed by atoms with Gasteiger partial charge in [-0.2, -0.15) is 0 Å². The molecule has 0 aliphatic carbocycles. The van der Waals surface area contributed by atoms with Gasteiger partial charge in [-0.1, -0.05) is 31.2 Å². The molecule has 2 aromatic rings. The van der Waals surface area contributed by atoms with Crippen LogP contribution in [0.25, 0.3) is 0 Å². The molecule has 0 saturated heterocycles. The maximum absolute atomic E-state index is 12.2. The maximum atomic E-state index is 12.2. The summed E-state index contributed by atoms with van der Waals surface area (Å²) < 4.78 is 10.9. The molecule has 2 N–H and O–H groups in total. The van der Waals surface area contributed by atoms with Crippen LogP contribution in [0.2, 0.25) is 0 Å². The largest absolute Gasteiger partial charge is 0.493 e. The standard InChI is InChI=1S/C20H23NO5/c1-3-10-26-17-9-8-14(11-18(17)25-2)13-21-19(22)12-15-6-4-5-7-16(15)20(23)24/h4-9,11H,3,10,12-13H2,1-2H3,(H,21,22)(H,23,24). The summed E-state index contributed by atoms with van der Waals surface area (Å²) in [6, 6.07) is 12.0. The minimum absolute atomic E-state index is 0.0112. The molecule has 138 valence electrons. The highest BCUT2D eigenvalue weighted by molar-refractivity contribution is 5.91. The van der Waals surface area contributed by atoms with Crippen LogP contribution in [-0.2, 0) is 17.8 Å². The van der Waals surface area contributed by atoms with Gasteiger partial charge in [-0.25, -0.2) is 4.79 Å². The highest BCUT2D eigenvalue weighted by Gasteiger charge is 2.13. The Morgan fingerprint density at radius 1 is 1.12 bits per heavy atom. The number of hydrogen-bond acceptors (Lipinski definition) is 4. The van der Waals surface area contributed by atoms with Crippen LogP contribution in [0.15, 0.2) is 42.5 Å². The van der Waals surface area contributed by atoms with Crippen LogP contribution in [0, 0.1) is 0 Å². The zero-order valence-electron chi connectivity index (χ0n) is 15.0. The van der Waals surface area contributed by atoms with Crippen molar-refractivity contribution in [3.05, 3.63) is 59.2 Å². The number of aromatic carboxylic acids is 1. The first-order valence-electron chi connectivity index (χ1n) is 8.42. The minimum atomic E-state index is -1.04. The van der Waals surface area contributed by atoms with Crippen LogP contribution in [-0.4, -0.2) is 30.7 Å². The van der Waals surface area contributed by atoms with Gasteiger partial charge in [0.25, 0.3) is 0 Å². The van der Waals surface area contributed by atoms with Crippen molar-refractivity contribution in [2.45, 2.75) is 26.3 Å². The van der Waals surface area contributed by atoms with Crippen LogP contribution in [0.3, 0.4) is 0 Å². The molecule has 0 aliphatic rings. The molecule has 0 saturated carbocycles. The second kappa shape index (κ2) is 9.46. The molecule has 1 amide bonds. The van der Waals surface area contributed by atoms with E-state index in [1.165, 1.54) is 6.07 Å². The number of carboxylic acids is 1. The van der Waals surface area contributed by atoms with Gasteiger partial charge in [0, 0.05) is 6.54 Å². The van der Waals surface area contributed by atoms with Crippen LogP contribution >= 0.6 is 0 Å². The average molecular weight is 357 g/mol. The van der Waals surface area contributed by atoms with E-state index in [0.717, 1.165) is 12.0 Å². The van der Waals surface area contributed by atoms with Crippen molar-refractivity contribution >= 4 is 11.9 Å². The van der Waals surface area contributed by atoms with E-state index in [1.807, 2.05) is 25.1 Å². The number of nitrogens with one attached hydrogen (secondary N) is 1. The normalized spacial score (nSPS) is 10.2. The summed E-state index contributed by atoms with van der Waals surface area (Å²) in [4.78, 5) is 23.4. The lowest BCUT2D eigenvalue weighted by molar-refractivity contribution is -0.120. The van der Waals surface area contributed by atoms with Crippen molar-refractivity contribution in [3.63, 3.8) is 0 Å². The number of ether oxygens (including phenoxy) is 2. The fourth-order valence-corrected chi connectivity index (χ4v) is 2.47. The summed E-state index contributed by atoms with van der Waals surface area (Å²) in [5.41, 5.74) is 1.49. The molecule has 0 bridgehead atoms. The first kappa shape index (κ1) is 19.3. The zero-order valence-corrected chi connectivity index (χ0v) is 15.0. The fourth-order valence-electron chi connectivity index (χ4n) is 2.47. The van der Waals surface area contributed by atoms with Crippen LogP contribution in [0.4, 0.5) is 0 Å². The fraction of sp³-hybridized carbons (Fsp3) is 0.300. The zero-order chi connectivity index (χ0) is 18.9. The minimum Gasteiger partial charge on any atom is -0.493 e. The lowest BCUT2D eigenvalue weighted by Gasteiger charge is -2.12. The summed E-state index contributed by atoms with van der Waals surface area (Å²) in [7, 11) is 1.57. The Morgan fingerprint density at radius 3 is 2.58 bits per heavy atom. The van der Waals surface area contributed by atoms with E-state index in [4.69, 9.17) is 9.47 Å². The van der Waals surface area contributed by atoms with Crippen molar-refractivity contribution in [3.8, 4) is 11.5 Å². The summed E-state index contributed by atoms with van der Waals surface area (Å²) in [5.74, 6) is -0.00832. The molecule has 0 spiro atoms. The summed E-state index contributed by atoms with van der Waals surface area (Å²) in [5, 5.41) is 12.0. The molecular weight excluding hydrogens is 334 g/mol. The highest BCUT2D eigenvalue weighted by Crippen LogP contribution is 2.28. The van der Waals surface area contributed by atoms with E-state index in [-0.39, 0.29) is 17.9 Å². The molecule has 0 radical (unpaired) electrons. The van der Waals surface area contributed by atoms with Crippen molar-refractivity contribution in [2.75, 3.05) is 13.7 Å². The Morgan fingerprint density at radius 2 is 1.88 bits per heavy atom. The average Bonchev–Trinajstić information content (AvgIpc) is 2.65. The SMILES string of the molecule is CCCOc1ccc(CNC(=O)Cc2ccccc2C(=O)O)cc1OC. The van der Waals surface area contributed by atoms with Crippen molar-refractivity contribution in [1.82, 2.24) is 5.32 Å². The number of carbonyl (C=O) groups is 2. The van der Waals surface area contributed by atoms with Gasteiger partial charge in [0.15, 0.2) is 11.5 Å². The maximum Gasteiger partial charge on any atom is 0.335 e. The lowest BCUT2D eigenvalue weighted by Crippen LogP contribution is -2.25. The third kappa shape index (κ3) is 5.24. The molecule has 26 heavy (non-hydrogen) atoms. The first-order chi connectivity index (χ1) is 12.5. The molecule has 0 unspecified atom stereocenters. The number of hydrogen-bond donors (Lipinski definition) is 2. The van der Waals surface area contributed by atoms with E-state index >= 15 is 0 Å². The van der Waals surface area contributed by atoms with Gasteiger partial charge in [-0.15, -0.1) is 0 Å². The summed E-state index contributed by atoms with van der Waals surface area (Å²) in [6.45, 7) is 2.95. The first-order valence-corrected chi connectivity index (χ1v) is 8.42. The highest BCUT2D eigenvalue weighted by atomic mass is 16.5. The third-order valence-corrected chi connectivity index (χ3v) is 3.78. The second-order valence-corrected chi connectivity index (χ2v) is 5.75. The van der Waals surface area contributed by atoms with Crippen LogP contribution in [0.5, 0.6) is 11.5 Å². The number of carboxylic acid groups (broad SMARTS) is 1. The van der Waals surface area contributed by atoms with Crippen LogP contribution < -0.4 is 14.8 Å². The molecule has 6 heteroatoms. The smallest absolute Gasteiger partial charge is 0.335 e. The molecule has 0 atom stereocenters. The van der Waals surface area contributed by atoms with E-state index in [1.54, 1.807) is 25.3 Å². The molecule has 2 aromatic carbocycles. The molecule has 2 rings (SSSR count). The topological polar surface area (TPSA) is 84.9 Å². The van der Waals surface area contributed by atoms with Crippen molar-refractivity contribution in [1.29, 1.82) is 0 Å². The number of rotatable bonds is 9. The Balaban J connectivity index is 1.98. The van der Waals surface area contributed by atoms with E-state index in [0.29, 0.717) is 30.2 Å². The predicted octanol–water partition coefficient (Wildman–Crippen LogP) is 3.04. The van der Waals surface area contributed by atoms with E-state index in [2.05, 4.69) is 5.32 Å². The quantitative estimate of drug-likeness (QED) is 0.720. The molecular formula is C20H23NO5. The van der Waals surface area contributed by atoms with Gasteiger partial charge in [0.2, 0.25) is 5.91 Å². The Bertz CT molecular complexity index is 773. The van der Waals surface area contributed by atoms with Crippen molar-refractivity contribution < 1.29 is 24.2 Å². The number of methoxy groups -OCH3 is 1. The van der Waals surface area contributed by atoms with Crippen LogP contribution in [0.1, 0.15) is 34.8 Å². The Labute approximate surface area is 152 Å². The van der Waals surface area contributed by atoms with Gasteiger partial charge in [0.05, 0.1) is 25.7 Å². The Hall–Kier alpha value is -3.02. The van der Waals surface area contributed by atoms with Gasteiger partial charge in [-0.3, -0.25) is 4.79 Å². The molecule has 6 nitrogen and oxygen atoms in total. The molecule has 0 fully saturated rings. The predicted molar refractivity (Wildman–Crippen MR) is 97.7 cm³/mol. The monoisotopic (exact) mass is 357 g/mol. The van der Waals surface area contributed by atoms with Gasteiger partial charge < -0.3 is 19.9 Å². The lowest BCUT2D eigenvalue weighted by atomic mass is 10.0. The van der Waals surface area contributed by atoms with Gasteiger partial charge in [0.1, 0.15) is 0 Å². The van der Waals surface area contributed by atoms with Crippen molar-refractivity contribution in [2.24, 2.45) is 0 Å².